The molecule has 0 fully saturated rings. The first-order valence-corrected chi connectivity index (χ1v) is 4.22. The number of aromatic nitrogens is 1. The zero-order valence-electron chi connectivity index (χ0n) is 7.41. The fourth-order valence-electron chi connectivity index (χ4n) is 1.13. The molecule has 0 spiro atoms. The molecule has 2 nitrogen and oxygen atoms in total. The van der Waals surface area contributed by atoms with Crippen LogP contribution in [0.1, 0.15) is 24.4 Å². The van der Waals surface area contributed by atoms with Crippen molar-refractivity contribution in [1.29, 1.82) is 0 Å². The Morgan fingerprint density at radius 2 is 2.46 bits per heavy atom. The monoisotopic (exact) mass is 180 g/mol. The highest BCUT2D eigenvalue weighted by Crippen LogP contribution is 2.17. The minimum Gasteiger partial charge on any atom is -0.324 e. The first-order valence-electron chi connectivity index (χ1n) is 4.22. The average Bonchev–Trinajstić information content (AvgIpc) is 2.15. The minimum absolute atomic E-state index is 0.285. The highest BCUT2D eigenvalue weighted by Gasteiger charge is 2.10. The van der Waals surface area contributed by atoms with Crippen LogP contribution >= 0.6 is 0 Å². The number of nitrogens with zero attached hydrogens (tertiary/aromatic N) is 1. The van der Waals surface area contributed by atoms with Gasteiger partial charge in [-0.2, -0.15) is 4.39 Å². The summed E-state index contributed by atoms with van der Waals surface area (Å²) in [6, 6.07) is 3.06. The maximum atomic E-state index is 13.1. The van der Waals surface area contributed by atoms with Crippen LogP contribution in [0.25, 0.3) is 0 Å². The lowest BCUT2D eigenvalue weighted by molar-refractivity contribution is 0.534. The molecule has 1 aromatic heterocycles. The third kappa shape index (κ3) is 2.63. The van der Waals surface area contributed by atoms with Gasteiger partial charge in [0.15, 0.2) is 0 Å². The Kier molecular flexibility index (Phi) is 3.58. The normalized spacial score (nSPS) is 12.5. The van der Waals surface area contributed by atoms with E-state index in [2.05, 4.69) is 11.6 Å². The van der Waals surface area contributed by atoms with Crippen LogP contribution in [0, 0.1) is 5.95 Å². The Balaban J connectivity index is 2.70. The van der Waals surface area contributed by atoms with Gasteiger partial charge in [-0.3, -0.25) is 0 Å². The predicted molar refractivity (Wildman–Crippen MR) is 50.6 cm³/mol. The van der Waals surface area contributed by atoms with E-state index in [4.69, 9.17) is 5.73 Å². The molecule has 70 valence electrons. The topological polar surface area (TPSA) is 38.9 Å². The quantitative estimate of drug-likeness (QED) is 0.569. The molecule has 13 heavy (non-hydrogen) atoms. The van der Waals surface area contributed by atoms with Crippen LogP contribution < -0.4 is 5.73 Å². The Morgan fingerprint density at radius 3 is 3.08 bits per heavy atom. The van der Waals surface area contributed by atoms with Gasteiger partial charge in [-0.25, -0.2) is 4.98 Å². The van der Waals surface area contributed by atoms with Gasteiger partial charge in [0, 0.05) is 17.8 Å². The highest BCUT2D eigenvalue weighted by molar-refractivity contribution is 5.15. The smallest absolute Gasteiger partial charge is 0.217 e. The van der Waals surface area contributed by atoms with E-state index < -0.39 is 5.95 Å². The van der Waals surface area contributed by atoms with Gasteiger partial charge < -0.3 is 5.73 Å². The molecule has 0 aliphatic carbocycles. The Bertz CT molecular complexity index is 286. The van der Waals surface area contributed by atoms with E-state index in [1.54, 1.807) is 18.2 Å². The molecule has 0 radical (unpaired) electrons. The predicted octanol–water partition coefficient (Wildman–Crippen LogP) is 2.19. The largest absolute Gasteiger partial charge is 0.324 e. The van der Waals surface area contributed by atoms with E-state index in [0.717, 1.165) is 6.42 Å². The number of nitrogens with two attached hydrogens (primary N) is 1. The van der Waals surface area contributed by atoms with Gasteiger partial charge in [0.05, 0.1) is 0 Å². The minimum atomic E-state index is -0.473. The Hall–Kier alpha value is -1.22. The number of hydrogen-bond donors (Lipinski definition) is 1. The average molecular weight is 180 g/mol. The molecule has 0 aliphatic rings. The van der Waals surface area contributed by atoms with Crippen molar-refractivity contribution in [1.82, 2.24) is 4.98 Å². The summed E-state index contributed by atoms with van der Waals surface area (Å²) in [5.41, 5.74) is 6.23. The molecule has 1 heterocycles. The molecule has 1 aromatic rings. The Morgan fingerprint density at radius 1 is 1.69 bits per heavy atom. The number of halogens is 1. The summed E-state index contributed by atoms with van der Waals surface area (Å²) in [5.74, 6) is -0.473. The first-order chi connectivity index (χ1) is 6.25. The van der Waals surface area contributed by atoms with Crippen LogP contribution in [-0.4, -0.2) is 4.98 Å². The van der Waals surface area contributed by atoms with Gasteiger partial charge in [0.25, 0.3) is 0 Å². The van der Waals surface area contributed by atoms with Gasteiger partial charge in [-0.05, 0) is 18.9 Å². The van der Waals surface area contributed by atoms with E-state index in [9.17, 15) is 4.39 Å². The van der Waals surface area contributed by atoms with Crippen molar-refractivity contribution >= 4 is 0 Å². The van der Waals surface area contributed by atoms with Crippen molar-refractivity contribution < 1.29 is 4.39 Å². The van der Waals surface area contributed by atoms with E-state index in [1.165, 1.54) is 6.20 Å². The lowest BCUT2D eigenvalue weighted by Crippen LogP contribution is -2.12. The van der Waals surface area contributed by atoms with Crippen LogP contribution in [-0.2, 0) is 0 Å². The number of hydrogen-bond acceptors (Lipinski definition) is 2. The molecular formula is C10H13FN2. The van der Waals surface area contributed by atoms with Crippen LogP contribution in [0.2, 0.25) is 0 Å². The molecule has 0 aliphatic heterocycles. The van der Waals surface area contributed by atoms with Crippen molar-refractivity contribution in [2.75, 3.05) is 0 Å². The zero-order chi connectivity index (χ0) is 9.68. The summed E-state index contributed by atoms with van der Waals surface area (Å²) in [6.07, 6.45) is 4.68. The number of allylic oxidation sites excluding steroid dienone is 1. The van der Waals surface area contributed by atoms with Crippen molar-refractivity contribution in [3.8, 4) is 0 Å². The highest BCUT2D eigenvalue weighted by atomic mass is 19.1. The van der Waals surface area contributed by atoms with E-state index in [-0.39, 0.29) is 6.04 Å². The third-order valence-electron chi connectivity index (χ3n) is 1.87. The standard InChI is InChI=1S/C10H13FN2/c1-2-3-6-9(12)8-5-4-7-13-10(8)11/h2,4-5,7,9H,1,3,6,12H2/t9-/m1/s1. The van der Waals surface area contributed by atoms with Crippen molar-refractivity contribution in [2.45, 2.75) is 18.9 Å². The van der Waals surface area contributed by atoms with Gasteiger partial charge in [0.1, 0.15) is 0 Å². The Labute approximate surface area is 77.3 Å². The second-order valence-electron chi connectivity index (χ2n) is 2.86. The first kappa shape index (κ1) is 9.86. The van der Waals surface area contributed by atoms with Gasteiger partial charge >= 0.3 is 0 Å². The second-order valence-corrected chi connectivity index (χ2v) is 2.86. The molecule has 0 bridgehead atoms. The van der Waals surface area contributed by atoms with Crippen LogP contribution in [0.15, 0.2) is 31.0 Å². The SMILES string of the molecule is C=CCC[C@@H](N)c1cccnc1F. The molecule has 1 atom stereocenters. The number of rotatable bonds is 4. The second kappa shape index (κ2) is 4.72. The molecule has 3 heteroatoms. The van der Waals surface area contributed by atoms with Crippen LogP contribution in [0.4, 0.5) is 4.39 Å². The summed E-state index contributed by atoms with van der Waals surface area (Å²) in [6.45, 7) is 3.58. The van der Waals surface area contributed by atoms with Crippen LogP contribution in [0.3, 0.4) is 0 Å². The molecule has 0 unspecified atom stereocenters. The summed E-state index contributed by atoms with van der Waals surface area (Å²) in [5, 5.41) is 0. The molecule has 1 rings (SSSR count). The molecule has 0 aromatic carbocycles. The molecule has 2 N–H and O–H groups in total. The maximum Gasteiger partial charge on any atom is 0.217 e. The zero-order valence-corrected chi connectivity index (χ0v) is 7.41. The van der Waals surface area contributed by atoms with Crippen LogP contribution in [0.5, 0.6) is 0 Å². The molecular weight excluding hydrogens is 167 g/mol. The van der Waals surface area contributed by atoms with Gasteiger partial charge in [0.2, 0.25) is 5.95 Å². The molecule has 0 saturated heterocycles. The third-order valence-corrected chi connectivity index (χ3v) is 1.87. The number of pyridine rings is 1. The fraction of sp³-hybridized carbons (Fsp3) is 0.300. The van der Waals surface area contributed by atoms with Gasteiger partial charge in [-0.15, -0.1) is 6.58 Å². The summed E-state index contributed by atoms with van der Waals surface area (Å²) in [4.78, 5) is 3.54. The summed E-state index contributed by atoms with van der Waals surface area (Å²) in [7, 11) is 0. The van der Waals surface area contributed by atoms with E-state index in [1.807, 2.05) is 0 Å². The fourth-order valence-corrected chi connectivity index (χ4v) is 1.13. The molecule has 0 amide bonds. The summed E-state index contributed by atoms with van der Waals surface area (Å²) >= 11 is 0. The van der Waals surface area contributed by atoms with E-state index in [0.29, 0.717) is 12.0 Å². The maximum absolute atomic E-state index is 13.1. The van der Waals surface area contributed by atoms with Crippen molar-refractivity contribution in [3.05, 3.63) is 42.5 Å². The van der Waals surface area contributed by atoms with E-state index >= 15 is 0 Å². The lowest BCUT2D eigenvalue weighted by atomic mass is 10.0. The van der Waals surface area contributed by atoms with Gasteiger partial charge in [-0.1, -0.05) is 12.1 Å². The lowest BCUT2D eigenvalue weighted by Gasteiger charge is -2.10. The molecule has 0 saturated carbocycles. The van der Waals surface area contributed by atoms with Crippen molar-refractivity contribution in [3.63, 3.8) is 0 Å². The van der Waals surface area contributed by atoms with Crippen molar-refractivity contribution in [2.24, 2.45) is 5.73 Å². The summed E-state index contributed by atoms with van der Waals surface area (Å²) < 4.78 is 13.1.